The number of carbonyl (C=O) groups excluding carboxylic acids is 1. The number of hydrogen-bond acceptors (Lipinski definition) is 6. The predicted molar refractivity (Wildman–Crippen MR) is 85.9 cm³/mol. The van der Waals surface area contributed by atoms with Crippen LogP contribution in [0.3, 0.4) is 0 Å². The fraction of sp³-hybridized carbons (Fsp3) is 0.462. The van der Waals surface area contributed by atoms with Gasteiger partial charge in [0, 0.05) is 4.90 Å². The van der Waals surface area contributed by atoms with Crippen LogP contribution in [0, 0.1) is 0 Å². The normalized spacial score (nSPS) is 12.7. The van der Waals surface area contributed by atoms with Crippen molar-refractivity contribution in [2.75, 3.05) is 23.3 Å². The van der Waals surface area contributed by atoms with E-state index in [4.69, 9.17) is 5.73 Å². The minimum Gasteiger partial charge on any atom is -0.468 e. The Bertz CT molecular complexity index is 602. The van der Waals surface area contributed by atoms with Crippen molar-refractivity contribution in [3.63, 3.8) is 0 Å². The summed E-state index contributed by atoms with van der Waals surface area (Å²) in [5.74, 6) is 0.104. The highest BCUT2D eigenvalue weighted by atomic mass is 32.2. The number of carbonyl (C=O) groups is 1. The largest absolute Gasteiger partial charge is 0.468 e. The molecule has 21 heavy (non-hydrogen) atoms. The lowest BCUT2D eigenvalue weighted by molar-refractivity contribution is -0.139. The molecule has 0 radical (unpaired) electrons. The molecule has 6 nitrogen and oxygen atoms in total. The molecule has 1 atom stereocenters. The Morgan fingerprint density at radius 1 is 1.48 bits per heavy atom. The van der Waals surface area contributed by atoms with Gasteiger partial charge in [0.05, 0.1) is 18.5 Å². The highest BCUT2D eigenvalue weighted by Crippen LogP contribution is 2.28. The third kappa shape index (κ3) is 4.82. The number of benzene rings is 1. The van der Waals surface area contributed by atoms with Gasteiger partial charge in [-0.3, -0.25) is 9.52 Å². The zero-order valence-electron chi connectivity index (χ0n) is 12.3. The van der Waals surface area contributed by atoms with Crippen LogP contribution in [-0.2, 0) is 19.6 Å². The van der Waals surface area contributed by atoms with Gasteiger partial charge in [-0.2, -0.15) is 0 Å². The molecule has 0 aliphatic heterocycles. The zero-order chi connectivity index (χ0) is 16.0. The van der Waals surface area contributed by atoms with Gasteiger partial charge in [0.25, 0.3) is 0 Å². The Morgan fingerprint density at radius 3 is 2.71 bits per heavy atom. The number of thioether (sulfide) groups is 1. The van der Waals surface area contributed by atoms with Gasteiger partial charge in [0.2, 0.25) is 10.0 Å². The summed E-state index contributed by atoms with van der Waals surface area (Å²) < 4.78 is 31.0. The van der Waals surface area contributed by atoms with Gasteiger partial charge < -0.3 is 10.5 Å². The van der Waals surface area contributed by atoms with E-state index in [0.717, 1.165) is 24.2 Å². The molecule has 0 saturated heterocycles. The Morgan fingerprint density at radius 2 is 2.14 bits per heavy atom. The molecular weight excluding hydrogens is 312 g/mol. The summed E-state index contributed by atoms with van der Waals surface area (Å²) in [7, 11) is -2.75. The maximum absolute atomic E-state index is 12.1. The van der Waals surface area contributed by atoms with Gasteiger partial charge in [-0.1, -0.05) is 6.92 Å². The summed E-state index contributed by atoms with van der Waals surface area (Å²) in [6.07, 6.45) is 1.01. The van der Waals surface area contributed by atoms with E-state index >= 15 is 0 Å². The number of anilines is 2. The van der Waals surface area contributed by atoms with Crippen LogP contribution in [0.5, 0.6) is 0 Å². The van der Waals surface area contributed by atoms with Crippen LogP contribution < -0.4 is 10.5 Å². The van der Waals surface area contributed by atoms with Crippen molar-refractivity contribution in [1.29, 1.82) is 0 Å². The van der Waals surface area contributed by atoms with Gasteiger partial charge in [0.1, 0.15) is 0 Å². The van der Waals surface area contributed by atoms with Crippen molar-refractivity contribution < 1.29 is 17.9 Å². The number of hydrogen-bond donors (Lipinski definition) is 2. The summed E-state index contributed by atoms with van der Waals surface area (Å²) in [6, 6.07) is 5.13. The van der Waals surface area contributed by atoms with Gasteiger partial charge in [-0.15, -0.1) is 11.8 Å². The van der Waals surface area contributed by atoms with Crippen LogP contribution in [-0.4, -0.2) is 32.5 Å². The minimum absolute atomic E-state index is 0.270. The molecule has 8 heteroatoms. The summed E-state index contributed by atoms with van der Waals surface area (Å²) >= 11 is 1.61. The number of esters is 1. The van der Waals surface area contributed by atoms with Gasteiger partial charge in [0.15, 0.2) is 5.25 Å². The fourth-order valence-electron chi connectivity index (χ4n) is 1.47. The lowest BCUT2D eigenvalue weighted by Crippen LogP contribution is -2.33. The summed E-state index contributed by atoms with van der Waals surface area (Å²) in [4.78, 5) is 12.3. The Hall–Kier alpha value is -1.41. The molecule has 0 fully saturated rings. The topological polar surface area (TPSA) is 98.5 Å². The smallest absolute Gasteiger partial charge is 0.325 e. The molecule has 0 aliphatic rings. The average molecular weight is 332 g/mol. The molecular formula is C13H20N2O4S2. The molecule has 1 unspecified atom stereocenters. The maximum Gasteiger partial charge on any atom is 0.325 e. The number of nitrogen functional groups attached to an aromatic ring is 1. The zero-order valence-corrected chi connectivity index (χ0v) is 13.9. The van der Waals surface area contributed by atoms with Crippen LogP contribution >= 0.6 is 11.8 Å². The minimum atomic E-state index is -3.90. The van der Waals surface area contributed by atoms with E-state index in [2.05, 4.69) is 16.4 Å². The van der Waals surface area contributed by atoms with Gasteiger partial charge >= 0.3 is 5.97 Å². The highest BCUT2D eigenvalue weighted by Gasteiger charge is 2.29. The first-order chi connectivity index (χ1) is 9.81. The third-order valence-corrected chi connectivity index (χ3v) is 5.58. The van der Waals surface area contributed by atoms with Crippen molar-refractivity contribution in [1.82, 2.24) is 0 Å². The molecule has 0 spiro atoms. The van der Waals surface area contributed by atoms with E-state index in [1.54, 1.807) is 23.9 Å². The Kier molecular flexibility index (Phi) is 6.35. The number of ether oxygens (including phenoxy) is 1. The number of sulfonamides is 1. The molecule has 0 aliphatic carbocycles. The molecule has 0 aromatic heterocycles. The number of nitrogens with one attached hydrogen (secondary N) is 1. The molecule has 1 aromatic rings. The van der Waals surface area contributed by atoms with Crippen LogP contribution in [0.4, 0.5) is 11.4 Å². The summed E-state index contributed by atoms with van der Waals surface area (Å²) in [5, 5.41) is -1.31. The second-order valence-electron chi connectivity index (χ2n) is 4.41. The molecule has 0 saturated carbocycles. The van der Waals surface area contributed by atoms with Crippen LogP contribution in [0.2, 0.25) is 0 Å². The second kappa shape index (κ2) is 7.56. The van der Waals surface area contributed by atoms with Gasteiger partial charge in [-0.25, -0.2) is 8.42 Å². The van der Waals surface area contributed by atoms with E-state index in [9.17, 15) is 13.2 Å². The molecule has 1 rings (SSSR count). The lowest BCUT2D eigenvalue weighted by Gasteiger charge is -2.15. The monoisotopic (exact) mass is 332 g/mol. The van der Waals surface area contributed by atoms with Crippen molar-refractivity contribution in [3.8, 4) is 0 Å². The third-order valence-electron chi connectivity index (χ3n) is 2.75. The Balaban J connectivity index is 2.98. The first-order valence-corrected chi connectivity index (χ1v) is 8.96. The quantitative estimate of drug-likeness (QED) is 0.450. The van der Waals surface area contributed by atoms with E-state index < -0.39 is 21.2 Å². The van der Waals surface area contributed by atoms with Crippen molar-refractivity contribution in [3.05, 3.63) is 18.2 Å². The van der Waals surface area contributed by atoms with E-state index in [1.807, 2.05) is 6.07 Å². The average Bonchev–Trinajstić information content (AvgIpc) is 2.46. The number of nitrogens with two attached hydrogens (primary N) is 1. The number of methoxy groups -OCH3 is 1. The molecule has 0 amide bonds. The highest BCUT2D eigenvalue weighted by molar-refractivity contribution is 7.99. The lowest BCUT2D eigenvalue weighted by atomic mass is 10.3. The summed E-state index contributed by atoms with van der Waals surface area (Å²) in [6.45, 7) is 3.33. The summed E-state index contributed by atoms with van der Waals surface area (Å²) in [5.41, 5.74) is 6.35. The van der Waals surface area contributed by atoms with E-state index in [-0.39, 0.29) is 5.69 Å². The molecule has 0 bridgehead atoms. The number of rotatable bonds is 7. The Labute approximate surface area is 129 Å². The second-order valence-corrected chi connectivity index (χ2v) is 7.58. The molecule has 3 N–H and O–H groups in total. The molecule has 0 heterocycles. The van der Waals surface area contributed by atoms with E-state index in [0.29, 0.717) is 5.69 Å². The standard InChI is InChI=1S/C13H20N2O4S2/c1-4-7-20-10-5-6-11(14)12(8-10)15-21(17,18)9(2)13(16)19-3/h5-6,8-9,15H,4,7,14H2,1-3H3. The van der Waals surface area contributed by atoms with Crippen molar-refractivity contribution in [2.45, 2.75) is 30.4 Å². The first kappa shape index (κ1) is 17.6. The predicted octanol–water partition coefficient (Wildman–Crippen LogP) is 2.07. The van der Waals surface area contributed by atoms with Crippen LogP contribution in [0.15, 0.2) is 23.1 Å². The first-order valence-electron chi connectivity index (χ1n) is 6.43. The molecule has 118 valence electrons. The van der Waals surface area contributed by atoms with Gasteiger partial charge in [-0.05, 0) is 37.3 Å². The van der Waals surface area contributed by atoms with Crippen molar-refractivity contribution in [2.24, 2.45) is 0 Å². The van der Waals surface area contributed by atoms with Crippen LogP contribution in [0.1, 0.15) is 20.3 Å². The molecule has 1 aromatic carbocycles. The van der Waals surface area contributed by atoms with Crippen molar-refractivity contribution >= 4 is 39.1 Å². The maximum atomic E-state index is 12.1. The van der Waals surface area contributed by atoms with Crippen LogP contribution in [0.25, 0.3) is 0 Å². The fourth-order valence-corrected chi connectivity index (χ4v) is 3.28. The SMILES string of the molecule is CCCSc1ccc(N)c(NS(=O)(=O)C(C)C(=O)OC)c1. The van der Waals surface area contributed by atoms with E-state index in [1.165, 1.54) is 6.92 Å².